The predicted octanol–water partition coefficient (Wildman–Crippen LogP) is 0.629. The zero-order valence-corrected chi connectivity index (χ0v) is 14.0. The Hall–Kier alpha value is -2.64. The van der Waals surface area contributed by atoms with E-state index in [4.69, 9.17) is 0 Å². The van der Waals surface area contributed by atoms with Crippen LogP contribution in [0.1, 0.15) is 37.3 Å². The molecule has 3 heterocycles. The Morgan fingerprint density at radius 1 is 1.28 bits per heavy atom. The average molecular weight is 342 g/mol. The first-order valence-electron chi connectivity index (χ1n) is 8.81. The van der Waals surface area contributed by atoms with Gasteiger partial charge in [-0.25, -0.2) is 4.68 Å². The minimum Gasteiger partial charge on any atom is -0.355 e. The molecule has 0 bridgehead atoms. The highest BCUT2D eigenvalue weighted by Gasteiger charge is 2.27. The number of carbonyl (C=O) groups excluding carboxylic acids is 1. The number of anilines is 1. The molecular weight excluding hydrogens is 320 g/mol. The van der Waals surface area contributed by atoms with Gasteiger partial charge in [0, 0.05) is 49.1 Å². The molecule has 2 aromatic rings. The van der Waals surface area contributed by atoms with Gasteiger partial charge in [-0.15, -0.1) is 0 Å². The fraction of sp³-hybridized carbons (Fsp3) is 0.529. The Labute approximate surface area is 145 Å². The number of nitrogens with one attached hydrogen (secondary N) is 2. The van der Waals surface area contributed by atoms with Crippen LogP contribution in [0.5, 0.6) is 0 Å². The van der Waals surface area contributed by atoms with E-state index in [9.17, 15) is 9.59 Å². The zero-order valence-electron chi connectivity index (χ0n) is 14.0. The first-order chi connectivity index (χ1) is 12.2. The van der Waals surface area contributed by atoms with Gasteiger partial charge in [-0.1, -0.05) is 0 Å². The molecule has 132 valence electrons. The highest BCUT2D eigenvalue weighted by molar-refractivity contribution is 5.76. The molecule has 1 aliphatic carbocycles. The molecule has 4 rings (SSSR count). The summed E-state index contributed by atoms with van der Waals surface area (Å²) in [6.45, 7) is 1.69. The Bertz CT molecular complexity index is 801. The van der Waals surface area contributed by atoms with Crippen molar-refractivity contribution in [1.82, 2.24) is 25.3 Å². The minimum atomic E-state index is -0.266. The molecule has 0 aromatic carbocycles. The van der Waals surface area contributed by atoms with Gasteiger partial charge in [0.25, 0.3) is 5.56 Å². The average Bonchev–Trinajstić information content (AvgIpc) is 3.35. The van der Waals surface area contributed by atoms with E-state index in [1.54, 1.807) is 6.07 Å². The molecule has 8 heteroatoms. The third-order valence-electron chi connectivity index (χ3n) is 4.86. The van der Waals surface area contributed by atoms with Crippen molar-refractivity contribution in [2.45, 2.75) is 44.2 Å². The van der Waals surface area contributed by atoms with Crippen molar-refractivity contribution in [2.24, 2.45) is 0 Å². The molecule has 1 amide bonds. The monoisotopic (exact) mass is 342 g/mol. The quantitative estimate of drug-likeness (QED) is 0.831. The van der Waals surface area contributed by atoms with Crippen LogP contribution in [0.15, 0.2) is 29.2 Å². The lowest BCUT2D eigenvalue weighted by molar-refractivity contribution is -0.122. The molecule has 0 radical (unpaired) electrons. The van der Waals surface area contributed by atoms with Crippen LogP contribution in [0.2, 0.25) is 0 Å². The van der Waals surface area contributed by atoms with E-state index in [-0.39, 0.29) is 24.1 Å². The largest absolute Gasteiger partial charge is 0.355 e. The lowest BCUT2D eigenvalue weighted by Gasteiger charge is -2.32. The van der Waals surface area contributed by atoms with Crippen molar-refractivity contribution in [3.05, 3.63) is 40.4 Å². The second-order valence-corrected chi connectivity index (χ2v) is 6.80. The second-order valence-electron chi connectivity index (χ2n) is 6.80. The Kier molecular flexibility index (Phi) is 4.25. The van der Waals surface area contributed by atoms with E-state index in [0.29, 0.717) is 5.92 Å². The summed E-state index contributed by atoms with van der Waals surface area (Å²) in [4.78, 5) is 26.0. The molecule has 2 fully saturated rings. The summed E-state index contributed by atoms with van der Waals surface area (Å²) in [5.41, 5.74) is 0.976. The lowest BCUT2D eigenvalue weighted by Crippen LogP contribution is -2.46. The Balaban J connectivity index is 1.27. The van der Waals surface area contributed by atoms with E-state index in [1.807, 2.05) is 0 Å². The van der Waals surface area contributed by atoms with Crippen molar-refractivity contribution in [3.63, 3.8) is 0 Å². The van der Waals surface area contributed by atoms with Crippen molar-refractivity contribution >= 4 is 11.7 Å². The molecular formula is C17H22N6O2. The van der Waals surface area contributed by atoms with Gasteiger partial charge in [0.15, 0.2) is 5.82 Å². The molecule has 2 aliphatic rings. The number of hydrogen-bond acceptors (Lipinski definition) is 5. The summed E-state index contributed by atoms with van der Waals surface area (Å²) >= 11 is 0. The van der Waals surface area contributed by atoms with Gasteiger partial charge in [0.2, 0.25) is 5.91 Å². The normalized spacial score (nSPS) is 18.3. The molecule has 0 spiro atoms. The first-order valence-corrected chi connectivity index (χ1v) is 8.81. The SMILES string of the molecule is O=C(Cn1ncccc1=O)NC1CCN(c2cc(C3CC3)[nH]n2)CC1. The number of hydrogen-bond donors (Lipinski definition) is 2. The maximum absolute atomic E-state index is 12.1. The number of aromatic nitrogens is 4. The first kappa shape index (κ1) is 15.9. The van der Waals surface area contributed by atoms with Crippen LogP contribution < -0.4 is 15.8 Å². The number of nitrogens with zero attached hydrogens (tertiary/aromatic N) is 4. The van der Waals surface area contributed by atoms with Crippen LogP contribution in [0.4, 0.5) is 5.82 Å². The third kappa shape index (κ3) is 3.72. The van der Waals surface area contributed by atoms with Gasteiger partial charge in [0.05, 0.1) is 0 Å². The van der Waals surface area contributed by atoms with E-state index >= 15 is 0 Å². The summed E-state index contributed by atoms with van der Waals surface area (Å²) < 4.78 is 1.17. The summed E-state index contributed by atoms with van der Waals surface area (Å²) in [7, 11) is 0. The third-order valence-corrected chi connectivity index (χ3v) is 4.86. The highest BCUT2D eigenvalue weighted by atomic mass is 16.2. The van der Waals surface area contributed by atoms with Gasteiger partial charge in [-0.05, 0) is 31.7 Å². The summed E-state index contributed by atoms with van der Waals surface area (Å²) in [5.74, 6) is 1.51. The number of aromatic amines is 1. The molecule has 1 saturated heterocycles. The van der Waals surface area contributed by atoms with E-state index in [2.05, 4.69) is 31.6 Å². The van der Waals surface area contributed by atoms with Crippen LogP contribution in [0.25, 0.3) is 0 Å². The van der Waals surface area contributed by atoms with Crippen molar-refractivity contribution in [2.75, 3.05) is 18.0 Å². The van der Waals surface area contributed by atoms with Crippen molar-refractivity contribution in [1.29, 1.82) is 0 Å². The number of amides is 1. The van der Waals surface area contributed by atoms with Crippen LogP contribution >= 0.6 is 0 Å². The molecule has 0 unspecified atom stereocenters. The van der Waals surface area contributed by atoms with Gasteiger partial charge >= 0.3 is 0 Å². The molecule has 2 N–H and O–H groups in total. The Morgan fingerprint density at radius 3 is 2.80 bits per heavy atom. The molecule has 2 aromatic heterocycles. The van der Waals surface area contributed by atoms with Crippen LogP contribution in [-0.4, -0.2) is 45.0 Å². The maximum atomic E-state index is 12.1. The molecule has 1 aliphatic heterocycles. The fourth-order valence-electron chi connectivity index (χ4n) is 3.26. The van der Waals surface area contributed by atoms with Crippen molar-refractivity contribution < 1.29 is 4.79 Å². The Morgan fingerprint density at radius 2 is 2.08 bits per heavy atom. The minimum absolute atomic E-state index is 0.0377. The van der Waals surface area contributed by atoms with Crippen LogP contribution in [0, 0.1) is 0 Å². The van der Waals surface area contributed by atoms with E-state index < -0.39 is 0 Å². The second kappa shape index (κ2) is 6.70. The van der Waals surface area contributed by atoms with Gasteiger partial charge in [0.1, 0.15) is 6.54 Å². The van der Waals surface area contributed by atoms with Crippen LogP contribution in [-0.2, 0) is 11.3 Å². The summed E-state index contributed by atoms with van der Waals surface area (Å²) in [6.07, 6.45) is 5.76. The van der Waals surface area contributed by atoms with Gasteiger partial charge in [-0.2, -0.15) is 10.2 Å². The number of H-pyrrole nitrogens is 1. The molecule has 25 heavy (non-hydrogen) atoms. The van der Waals surface area contributed by atoms with Gasteiger partial charge < -0.3 is 10.2 Å². The lowest BCUT2D eigenvalue weighted by atomic mass is 10.0. The van der Waals surface area contributed by atoms with Gasteiger partial charge in [-0.3, -0.25) is 14.7 Å². The summed E-state index contributed by atoms with van der Waals surface area (Å²) in [6, 6.07) is 5.25. The van der Waals surface area contributed by atoms with Crippen LogP contribution in [0.3, 0.4) is 0 Å². The maximum Gasteiger partial charge on any atom is 0.267 e. The zero-order chi connectivity index (χ0) is 17.2. The smallest absolute Gasteiger partial charge is 0.267 e. The standard InChI is InChI=1S/C17H22N6O2/c24-16(11-23-17(25)2-1-7-18-23)19-13-5-8-22(9-6-13)15-10-14(20-21-15)12-3-4-12/h1-2,7,10,12-13H,3-6,8-9,11H2,(H,19,24)(H,20,21). The fourth-order valence-corrected chi connectivity index (χ4v) is 3.26. The van der Waals surface area contributed by atoms with E-state index in [1.165, 1.54) is 35.5 Å². The van der Waals surface area contributed by atoms with Crippen molar-refractivity contribution in [3.8, 4) is 0 Å². The number of carbonyl (C=O) groups is 1. The number of piperidine rings is 1. The molecule has 1 saturated carbocycles. The molecule has 0 atom stereocenters. The number of rotatable bonds is 5. The topological polar surface area (TPSA) is 95.9 Å². The summed E-state index contributed by atoms with van der Waals surface area (Å²) in [5, 5.41) is 14.5. The van der Waals surface area contributed by atoms with E-state index in [0.717, 1.165) is 31.7 Å². The predicted molar refractivity (Wildman–Crippen MR) is 92.4 cm³/mol. The molecule has 8 nitrogen and oxygen atoms in total. The highest BCUT2D eigenvalue weighted by Crippen LogP contribution is 2.40.